The number of fused-ring (bicyclic) bond motifs is 1. The molecule has 0 aromatic heterocycles. The second-order valence-electron chi connectivity index (χ2n) is 6.44. The Morgan fingerprint density at radius 1 is 0.885 bits per heavy atom. The van der Waals surface area contributed by atoms with Gasteiger partial charge >= 0.3 is 0 Å². The predicted octanol–water partition coefficient (Wildman–Crippen LogP) is 5.13. The van der Waals surface area contributed by atoms with E-state index < -0.39 is 0 Å². The number of ether oxygens (including phenoxy) is 1. The van der Waals surface area contributed by atoms with E-state index in [0.29, 0.717) is 0 Å². The molecule has 26 heavy (non-hydrogen) atoms. The van der Waals surface area contributed by atoms with E-state index in [9.17, 15) is 8.78 Å². The number of hydrogen-bond donors (Lipinski definition) is 0. The highest BCUT2D eigenvalue weighted by Crippen LogP contribution is 2.39. The monoisotopic (exact) mass is 351 g/mol. The van der Waals surface area contributed by atoms with E-state index in [0.717, 1.165) is 35.5 Å². The highest BCUT2D eigenvalue weighted by Gasteiger charge is 2.29. The Morgan fingerprint density at radius 3 is 2.19 bits per heavy atom. The molecule has 2 nitrogen and oxygen atoms in total. The molecule has 0 saturated heterocycles. The van der Waals surface area contributed by atoms with Crippen LogP contribution in [0.5, 0.6) is 5.75 Å². The van der Waals surface area contributed by atoms with Crippen molar-refractivity contribution >= 4 is 5.69 Å². The molecule has 0 aliphatic carbocycles. The zero-order valence-corrected chi connectivity index (χ0v) is 14.5. The van der Waals surface area contributed by atoms with Crippen LogP contribution in [0.25, 0.3) is 0 Å². The third-order valence-corrected chi connectivity index (χ3v) is 4.92. The molecule has 0 fully saturated rings. The minimum Gasteiger partial charge on any atom is -0.497 e. The number of hydrogen-bond acceptors (Lipinski definition) is 2. The molecule has 0 N–H and O–H groups in total. The molecular weight excluding hydrogens is 332 g/mol. The van der Waals surface area contributed by atoms with Crippen molar-refractivity contribution in [3.63, 3.8) is 0 Å². The zero-order valence-electron chi connectivity index (χ0n) is 14.5. The van der Waals surface area contributed by atoms with Crippen molar-refractivity contribution in [3.8, 4) is 5.75 Å². The van der Waals surface area contributed by atoms with E-state index in [1.54, 1.807) is 19.2 Å². The summed E-state index contributed by atoms with van der Waals surface area (Å²) < 4.78 is 32.2. The Kier molecular flexibility index (Phi) is 4.33. The fraction of sp³-hybridized carbons (Fsp3) is 0.182. The van der Waals surface area contributed by atoms with Crippen LogP contribution in [-0.4, -0.2) is 13.7 Å². The molecule has 1 atom stereocenters. The van der Waals surface area contributed by atoms with Gasteiger partial charge < -0.3 is 9.64 Å². The lowest BCUT2D eigenvalue weighted by atomic mass is 9.87. The first-order chi connectivity index (χ1) is 12.7. The van der Waals surface area contributed by atoms with Gasteiger partial charge in [0.15, 0.2) is 0 Å². The van der Waals surface area contributed by atoms with E-state index in [-0.39, 0.29) is 17.7 Å². The fourth-order valence-electron chi connectivity index (χ4n) is 3.65. The number of benzene rings is 3. The molecule has 1 aliphatic heterocycles. The van der Waals surface area contributed by atoms with Crippen LogP contribution in [0.3, 0.4) is 0 Å². The molecule has 3 aromatic carbocycles. The fourth-order valence-corrected chi connectivity index (χ4v) is 3.65. The predicted molar refractivity (Wildman–Crippen MR) is 98.7 cm³/mol. The summed E-state index contributed by atoms with van der Waals surface area (Å²) in [6.45, 7) is 0.786. The third-order valence-electron chi connectivity index (χ3n) is 4.92. The molecular formula is C22H19F2NO. The standard InChI is InChI=1S/C22H19F2NO/c1-26-20-10-11-21-16(14-20)12-13-25(19-8-6-18(24)7-9-19)22(21)15-2-4-17(23)5-3-15/h2-11,14,22H,12-13H2,1H3/t22-/m0/s1. The largest absolute Gasteiger partial charge is 0.497 e. The number of methoxy groups -OCH3 is 1. The van der Waals surface area contributed by atoms with Crippen molar-refractivity contribution in [2.75, 3.05) is 18.6 Å². The van der Waals surface area contributed by atoms with Crippen molar-refractivity contribution in [1.82, 2.24) is 0 Å². The molecule has 1 heterocycles. The second kappa shape index (κ2) is 6.79. The normalized spacial score (nSPS) is 16.3. The van der Waals surface area contributed by atoms with E-state index in [4.69, 9.17) is 4.74 Å². The summed E-state index contributed by atoms with van der Waals surface area (Å²) in [4.78, 5) is 2.24. The summed E-state index contributed by atoms with van der Waals surface area (Å²) in [6, 6.07) is 19.1. The highest BCUT2D eigenvalue weighted by molar-refractivity contribution is 5.56. The van der Waals surface area contributed by atoms with Crippen molar-refractivity contribution in [2.24, 2.45) is 0 Å². The van der Waals surface area contributed by atoms with Gasteiger partial charge in [-0.2, -0.15) is 0 Å². The van der Waals surface area contributed by atoms with Crippen molar-refractivity contribution < 1.29 is 13.5 Å². The lowest BCUT2D eigenvalue weighted by molar-refractivity contribution is 0.413. The molecule has 3 aromatic rings. The van der Waals surface area contributed by atoms with Gasteiger partial charge in [0.1, 0.15) is 17.4 Å². The summed E-state index contributed by atoms with van der Waals surface area (Å²) in [7, 11) is 1.66. The van der Waals surface area contributed by atoms with Crippen LogP contribution in [0.15, 0.2) is 66.7 Å². The lowest BCUT2D eigenvalue weighted by Crippen LogP contribution is -2.36. The van der Waals surface area contributed by atoms with E-state index in [1.807, 2.05) is 18.2 Å². The van der Waals surface area contributed by atoms with Crippen LogP contribution in [-0.2, 0) is 6.42 Å². The number of rotatable bonds is 3. The number of nitrogens with zero attached hydrogens (tertiary/aromatic N) is 1. The first kappa shape index (κ1) is 16.6. The molecule has 132 valence electrons. The minimum atomic E-state index is -0.257. The summed E-state index contributed by atoms with van der Waals surface area (Å²) in [6.07, 6.45) is 0.863. The first-order valence-corrected chi connectivity index (χ1v) is 8.60. The summed E-state index contributed by atoms with van der Waals surface area (Å²) >= 11 is 0. The Bertz CT molecular complexity index is 906. The quantitative estimate of drug-likeness (QED) is 0.649. The smallest absolute Gasteiger partial charge is 0.123 e. The summed E-state index contributed by atoms with van der Waals surface area (Å²) in [5, 5.41) is 0. The van der Waals surface area contributed by atoms with E-state index >= 15 is 0 Å². The highest BCUT2D eigenvalue weighted by atomic mass is 19.1. The number of anilines is 1. The Hall–Kier alpha value is -2.88. The van der Waals surface area contributed by atoms with Gasteiger partial charge in [-0.3, -0.25) is 0 Å². The maximum Gasteiger partial charge on any atom is 0.123 e. The molecule has 1 aliphatic rings. The van der Waals surface area contributed by atoms with Crippen molar-refractivity contribution in [1.29, 1.82) is 0 Å². The average Bonchev–Trinajstić information content (AvgIpc) is 2.68. The molecule has 0 saturated carbocycles. The Morgan fingerprint density at radius 2 is 1.54 bits per heavy atom. The second-order valence-corrected chi connectivity index (χ2v) is 6.44. The average molecular weight is 351 g/mol. The zero-order chi connectivity index (χ0) is 18.1. The van der Waals surface area contributed by atoms with Crippen LogP contribution < -0.4 is 9.64 Å². The molecule has 0 amide bonds. The number of halogens is 2. The first-order valence-electron chi connectivity index (χ1n) is 8.60. The van der Waals surface area contributed by atoms with Gasteiger partial charge in [0.25, 0.3) is 0 Å². The van der Waals surface area contributed by atoms with Crippen LogP contribution >= 0.6 is 0 Å². The van der Waals surface area contributed by atoms with Crippen LogP contribution in [0.2, 0.25) is 0 Å². The molecule has 0 bridgehead atoms. The molecule has 0 radical (unpaired) electrons. The van der Waals surface area contributed by atoms with E-state index in [1.165, 1.54) is 29.8 Å². The van der Waals surface area contributed by atoms with Gasteiger partial charge in [0, 0.05) is 12.2 Å². The molecule has 0 unspecified atom stereocenters. The van der Waals surface area contributed by atoms with Crippen molar-refractivity contribution in [2.45, 2.75) is 12.5 Å². The molecule has 4 heteroatoms. The van der Waals surface area contributed by atoms with Gasteiger partial charge in [0.2, 0.25) is 0 Å². The Balaban J connectivity index is 1.83. The van der Waals surface area contributed by atoms with Gasteiger partial charge in [-0.1, -0.05) is 18.2 Å². The van der Waals surface area contributed by atoms with E-state index in [2.05, 4.69) is 17.0 Å². The van der Waals surface area contributed by atoms with Gasteiger partial charge in [0.05, 0.1) is 13.2 Å². The summed E-state index contributed by atoms with van der Waals surface area (Å²) in [5.74, 6) is 0.318. The maximum absolute atomic E-state index is 13.4. The van der Waals surface area contributed by atoms with Gasteiger partial charge in [-0.05, 0) is 71.6 Å². The Labute approximate surface area is 151 Å². The lowest BCUT2D eigenvalue weighted by Gasteiger charge is -2.39. The maximum atomic E-state index is 13.4. The third kappa shape index (κ3) is 3.03. The SMILES string of the molecule is COc1ccc2c(c1)CCN(c1ccc(F)cc1)[C@H]2c1ccc(F)cc1. The van der Waals surface area contributed by atoms with Gasteiger partial charge in [-0.25, -0.2) is 8.78 Å². The van der Waals surface area contributed by atoms with Gasteiger partial charge in [-0.15, -0.1) is 0 Å². The van der Waals surface area contributed by atoms with Crippen LogP contribution in [0, 0.1) is 11.6 Å². The van der Waals surface area contributed by atoms with Crippen molar-refractivity contribution in [3.05, 3.63) is 95.1 Å². The van der Waals surface area contributed by atoms with Crippen LogP contribution in [0.1, 0.15) is 22.7 Å². The molecule has 4 rings (SSSR count). The topological polar surface area (TPSA) is 12.5 Å². The summed E-state index contributed by atoms with van der Waals surface area (Å²) in [5.41, 5.74) is 4.33. The van der Waals surface area contributed by atoms with Crippen LogP contribution in [0.4, 0.5) is 14.5 Å². The minimum absolute atomic E-state index is 0.0595. The molecule has 0 spiro atoms.